The minimum absolute atomic E-state index is 0.106. The number of amides is 2. The molecule has 2 atom stereocenters. The van der Waals surface area contributed by atoms with Gasteiger partial charge in [-0.2, -0.15) is 0 Å². The standard InChI is InChI=1S/C18H20N2O3/c1-5-12-10-18(11-20(12)16(22)23-17(2,3)4)13-8-6-7-9-14(13)19-15(18)21/h1,6-9,12H,10-11H2,2-4H3,(H,19,21)/t12-,18+/m1/s1. The van der Waals surface area contributed by atoms with Gasteiger partial charge < -0.3 is 10.1 Å². The summed E-state index contributed by atoms with van der Waals surface area (Å²) in [6.45, 7) is 5.65. The molecule has 1 spiro atoms. The Morgan fingerprint density at radius 3 is 2.78 bits per heavy atom. The van der Waals surface area contributed by atoms with Crippen LogP contribution < -0.4 is 5.32 Å². The Balaban J connectivity index is 1.95. The molecule has 5 nitrogen and oxygen atoms in total. The Hall–Kier alpha value is -2.48. The molecule has 1 fully saturated rings. The Morgan fingerprint density at radius 1 is 1.43 bits per heavy atom. The molecule has 120 valence electrons. The number of carbonyl (C=O) groups is 2. The smallest absolute Gasteiger partial charge is 0.411 e. The third kappa shape index (κ3) is 2.44. The largest absolute Gasteiger partial charge is 0.444 e. The van der Waals surface area contributed by atoms with E-state index in [-0.39, 0.29) is 12.5 Å². The number of para-hydroxylation sites is 1. The van der Waals surface area contributed by atoms with Crippen molar-refractivity contribution in [2.45, 2.75) is 44.2 Å². The highest BCUT2D eigenvalue weighted by Gasteiger charge is 2.56. The molecule has 2 aliphatic rings. The van der Waals surface area contributed by atoms with Crippen molar-refractivity contribution in [2.75, 3.05) is 11.9 Å². The lowest BCUT2D eigenvalue weighted by Gasteiger charge is -2.27. The number of likely N-dealkylation sites (tertiary alicyclic amines) is 1. The van der Waals surface area contributed by atoms with E-state index < -0.39 is 23.2 Å². The van der Waals surface area contributed by atoms with E-state index in [9.17, 15) is 9.59 Å². The zero-order valence-electron chi connectivity index (χ0n) is 13.6. The summed E-state index contributed by atoms with van der Waals surface area (Å²) in [5, 5.41) is 2.90. The Bertz CT molecular complexity index is 714. The second-order valence-electron chi connectivity index (χ2n) is 7.08. The molecule has 1 N–H and O–H groups in total. The van der Waals surface area contributed by atoms with E-state index in [2.05, 4.69) is 11.2 Å². The van der Waals surface area contributed by atoms with Gasteiger partial charge in [-0.1, -0.05) is 24.1 Å². The van der Waals surface area contributed by atoms with E-state index in [1.165, 1.54) is 4.90 Å². The Labute approximate surface area is 136 Å². The average Bonchev–Trinajstić information content (AvgIpc) is 2.98. The predicted octanol–water partition coefficient (Wildman–Crippen LogP) is 2.52. The van der Waals surface area contributed by atoms with Gasteiger partial charge in [0, 0.05) is 12.2 Å². The maximum Gasteiger partial charge on any atom is 0.411 e. The van der Waals surface area contributed by atoms with Crippen LogP contribution in [0.4, 0.5) is 10.5 Å². The van der Waals surface area contributed by atoms with E-state index in [1.807, 2.05) is 24.3 Å². The zero-order valence-corrected chi connectivity index (χ0v) is 13.6. The highest BCUT2D eigenvalue weighted by Crippen LogP contribution is 2.46. The molecule has 5 heteroatoms. The molecule has 0 bridgehead atoms. The number of terminal acetylenes is 1. The molecule has 0 radical (unpaired) electrons. The van der Waals surface area contributed by atoms with E-state index in [0.29, 0.717) is 6.42 Å². The molecule has 2 heterocycles. The molecular formula is C18H20N2O3. The lowest BCUT2D eigenvalue weighted by Crippen LogP contribution is -2.42. The highest BCUT2D eigenvalue weighted by molar-refractivity contribution is 6.07. The summed E-state index contributed by atoms with van der Waals surface area (Å²) in [7, 11) is 0. The molecule has 2 amide bonds. The van der Waals surface area contributed by atoms with Gasteiger partial charge in [-0.25, -0.2) is 4.79 Å². The minimum Gasteiger partial charge on any atom is -0.444 e. The molecule has 0 aromatic heterocycles. The van der Waals surface area contributed by atoms with Gasteiger partial charge in [-0.15, -0.1) is 6.42 Å². The molecular weight excluding hydrogens is 292 g/mol. The number of nitrogens with zero attached hydrogens (tertiary/aromatic N) is 1. The first-order valence-electron chi connectivity index (χ1n) is 7.63. The Kier molecular flexibility index (Phi) is 3.36. The predicted molar refractivity (Wildman–Crippen MR) is 86.9 cm³/mol. The van der Waals surface area contributed by atoms with Crippen molar-refractivity contribution >= 4 is 17.7 Å². The van der Waals surface area contributed by atoms with Crippen LogP contribution in [0.15, 0.2) is 24.3 Å². The SMILES string of the molecule is C#C[C@@H]1C[C@@]2(CN1C(=O)OC(C)(C)C)C(=O)Nc1ccccc12. The number of rotatable bonds is 0. The van der Waals surface area contributed by atoms with E-state index in [4.69, 9.17) is 11.2 Å². The second-order valence-corrected chi connectivity index (χ2v) is 7.08. The van der Waals surface area contributed by atoms with Crippen LogP contribution in [0.25, 0.3) is 0 Å². The maximum absolute atomic E-state index is 12.6. The first-order chi connectivity index (χ1) is 10.8. The monoisotopic (exact) mass is 312 g/mol. The van der Waals surface area contributed by atoms with Crippen molar-refractivity contribution in [1.29, 1.82) is 0 Å². The number of carbonyl (C=O) groups excluding carboxylic acids is 2. The molecule has 3 rings (SSSR count). The van der Waals surface area contributed by atoms with Gasteiger partial charge in [-0.3, -0.25) is 9.69 Å². The molecule has 0 aliphatic carbocycles. The molecule has 23 heavy (non-hydrogen) atoms. The number of nitrogens with one attached hydrogen (secondary N) is 1. The van der Waals surface area contributed by atoms with Gasteiger partial charge in [0.2, 0.25) is 5.91 Å². The van der Waals surface area contributed by atoms with Crippen LogP contribution in [-0.4, -0.2) is 35.1 Å². The van der Waals surface area contributed by atoms with Crippen LogP contribution in [0.5, 0.6) is 0 Å². The van der Waals surface area contributed by atoms with Crippen molar-refractivity contribution in [3.63, 3.8) is 0 Å². The van der Waals surface area contributed by atoms with Gasteiger partial charge in [0.15, 0.2) is 0 Å². The molecule has 1 saturated heterocycles. The topological polar surface area (TPSA) is 58.6 Å². The third-order valence-electron chi connectivity index (χ3n) is 4.30. The average molecular weight is 312 g/mol. The molecule has 2 aliphatic heterocycles. The van der Waals surface area contributed by atoms with Crippen LogP contribution in [-0.2, 0) is 14.9 Å². The molecule has 0 unspecified atom stereocenters. The lowest BCUT2D eigenvalue weighted by atomic mass is 9.80. The summed E-state index contributed by atoms with van der Waals surface area (Å²) in [5.41, 5.74) is 0.294. The Morgan fingerprint density at radius 2 is 2.13 bits per heavy atom. The zero-order chi connectivity index (χ0) is 16.8. The summed E-state index contributed by atoms with van der Waals surface area (Å²) >= 11 is 0. The number of fused-ring (bicyclic) bond motifs is 2. The first kappa shape index (κ1) is 15.4. The number of hydrogen-bond donors (Lipinski definition) is 1. The molecule has 1 aromatic carbocycles. The summed E-state index contributed by atoms with van der Waals surface area (Å²) < 4.78 is 5.44. The molecule has 1 aromatic rings. The summed E-state index contributed by atoms with van der Waals surface area (Å²) in [6, 6.07) is 7.09. The van der Waals surface area contributed by atoms with Crippen molar-refractivity contribution in [1.82, 2.24) is 4.90 Å². The lowest BCUT2D eigenvalue weighted by molar-refractivity contribution is -0.120. The summed E-state index contributed by atoms with van der Waals surface area (Å²) in [6.07, 6.45) is 5.54. The number of hydrogen-bond acceptors (Lipinski definition) is 3. The van der Waals surface area contributed by atoms with Gasteiger partial charge in [-0.05, 0) is 38.8 Å². The van der Waals surface area contributed by atoms with Crippen LogP contribution in [0.1, 0.15) is 32.8 Å². The molecule has 0 saturated carbocycles. The fourth-order valence-corrected chi connectivity index (χ4v) is 3.30. The van der Waals surface area contributed by atoms with Crippen molar-refractivity contribution in [2.24, 2.45) is 0 Å². The van der Waals surface area contributed by atoms with Gasteiger partial charge in [0.25, 0.3) is 0 Å². The third-order valence-corrected chi connectivity index (χ3v) is 4.30. The number of ether oxygens (including phenoxy) is 1. The van der Waals surface area contributed by atoms with Crippen molar-refractivity contribution < 1.29 is 14.3 Å². The van der Waals surface area contributed by atoms with Crippen LogP contribution in [0.2, 0.25) is 0 Å². The summed E-state index contributed by atoms with van der Waals surface area (Å²) in [5.74, 6) is 2.52. The van der Waals surface area contributed by atoms with E-state index >= 15 is 0 Å². The maximum atomic E-state index is 12.6. The van der Waals surface area contributed by atoms with Crippen LogP contribution in [0.3, 0.4) is 0 Å². The van der Waals surface area contributed by atoms with E-state index in [1.54, 1.807) is 20.8 Å². The van der Waals surface area contributed by atoms with Gasteiger partial charge in [0.1, 0.15) is 5.60 Å². The number of anilines is 1. The van der Waals surface area contributed by atoms with Crippen LogP contribution in [0, 0.1) is 12.3 Å². The van der Waals surface area contributed by atoms with Crippen molar-refractivity contribution in [3.05, 3.63) is 29.8 Å². The fourth-order valence-electron chi connectivity index (χ4n) is 3.30. The van der Waals surface area contributed by atoms with Gasteiger partial charge in [0.05, 0.1) is 11.5 Å². The highest BCUT2D eigenvalue weighted by atomic mass is 16.6. The summed E-state index contributed by atoms with van der Waals surface area (Å²) in [4.78, 5) is 26.6. The second kappa shape index (κ2) is 5.02. The quantitative estimate of drug-likeness (QED) is 0.749. The number of benzene rings is 1. The minimum atomic E-state index is -0.787. The first-order valence-corrected chi connectivity index (χ1v) is 7.63. The normalized spacial score (nSPS) is 25.9. The van der Waals surface area contributed by atoms with E-state index in [0.717, 1.165) is 11.3 Å². The van der Waals surface area contributed by atoms with Crippen LogP contribution >= 0.6 is 0 Å². The van der Waals surface area contributed by atoms with Crippen molar-refractivity contribution in [3.8, 4) is 12.3 Å². The fraction of sp³-hybridized carbons (Fsp3) is 0.444. The van der Waals surface area contributed by atoms with Gasteiger partial charge >= 0.3 is 6.09 Å².